The van der Waals surface area contributed by atoms with Crippen LogP contribution in [-0.2, 0) is 11.2 Å². The number of carbonyl (C=O) groups is 1. The number of hydrogen-bond acceptors (Lipinski definition) is 2. The Kier molecular flexibility index (Phi) is 4.06. The van der Waals surface area contributed by atoms with E-state index >= 15 is 0 Å². The summed E-state index contributed by atoms with van der Waals surface area (Å²) in [6, 6.07) is 17.2. The van der Waals surface area contributed by atoms with E-state index in [1.807, 2.05) is 48.5 Å². The highest BCUT2D eigenvalue weighted by Crippen LogP contribution is 2.40. The molecule has 3 aromatic carbocycles. The Morgan fingerprint density at radius 1 is 1.15 bits per heavy atom. The maximum absolute atomic E-state index is 11.0. The van der Waals surface area contributed by atoms with E-state index in [2.05, 4.69) is 4.85 Å². The minimum atomic E-state index is -0.755. The Morgan fingerprint density at radius 3 is 2.73 bits per heavy atom. The fourth-order valence-corrected chi connectivity index (χ4v) is 3.74. The molecule has 1 atom stereocenters. The van der Waals surface area contributed by atoms with Crippen molar-refractivity contribution in [3.05, 3.63) is 77.1 Å². The van der Waals surface area contributed by atoms with Crippen LogP contribution in [0.2, 0.25) is 0 Å². The average molecular weight is 343 g/mol. The lowest BCUT2D eigenvalue weighted by molar-refractivity contribution is -0.137. The SMILES string of the molecule is [C-]#[N+]c1ccc(Oc2ccc3c(c2)CC[C@H]3CC(=O)O)c2ccccc12. The van der Waals surface area contributed by atoms with Crippen molar-refractivity contribution >= 4 is 22.4 Å². The standard InChI is InChI=1S/C22H17NO3/c1-23-20-10-11-21(19-5-3-2-4-18(19)20)26-16-8-9-17-14(12-16)6-7-15(17)13-22(24)25/h2-5,8-12,15H,6-7,13H2,(H,24,25)/t15-/m0/s1. The Hall–Kier alpha value is -3.32. The molecule has 0 radical (unpaired) electrons. The molecular formula is C22H17NO3. The number of hydrogen-bond donors (Lipinski definition) is 1. The van der Waals surface area contributed by atoms with Crippen LogP contribution in [0.15, 0.2) is 54.6 Å². The molecule has 0 heterocycles. The summed E-state index contributed by atoms with van der Waals surface area (Å²) in [5.41, 5.74) is 2.89. The first kappa shape index (κ1) is 16.2. The molecule has 1 N–H and O–H groups in total. The van der Waals surface area contributed by atoms with Crippen molar-refractivity contribution in [2.24, 2.45) is 0 Å². The van der Waals surface area contributed by atoms with Gasteiger partial charge in [0, 0.05) is 5.39 Å². The second-order valence-corrected chi connectivity index (χ2v) is 6.54. The largest absolute Gasteiger partial charge is 0.481 e. The van der Waals surface area contributed by atoms with Gasteiger partial charge in [0.25, 0.3) is 0 Å². The van der Waals surface area contributed by atoms with Gasteiger partial charge >= 0.3 is 5.97 Å². The van der Waals surface area contributed by atoms with Crippen LogP contribution in [0.25, 0.3) is 15.6 Å². The van der Waals surface area contributed by atoms with Gasteiger partial charge < -0.3 is 9.84 Å². The van der Waals surface area contributed by atoms with Crippen LogP contribution in [0.5, 0.6) is 11.5 Å². The minimum absolute atomic E-state index is 0.0929. The molecule has 0 saturated carbocycles. The molecule has 0 aliphatic heterocycles. The van der Waals surface area contributed by atoms with E-state index < -0.39 is 5.97 Å². The summed E-state index contributed by atoms with van der Waals surface area (Å²) < 4.78 is 6.11. The summed E-state index contributed by atoms with van der Waals surface area (Å²) in [7, 11) is 0. The first-order valence-corrected chi connectivity index (χ1v) is 8.57. The van der Waals surface area contributed by atoms with Crippen LogP contribution in [-0.4, -0.2) is 11.1 Å². The van der Waals surface area contributed by atoms with Gasteiger partial charge in [0.05, 0.1) is 13.0 Å². The van der Waals surface area contributed by atoms with Crippen LogP contribution in [0.1, 0.15) is 29.9 Å². The predicted octanol–water partition coefficient (Wildman–Crippen LogP) is 5.69. The fourth-order valence-electron chi connectivity index (χ4n) is 3.74. The number of carboxylic acids is 1. The van der Waals surface area contributed by atoms with Crippen LogP contribution in [0.4, 0.5) is 5.69 Å². The number of fused-ring (bicyclic) bond motifs is 2. The molecule has 0 aromatic heterocycles. The number of aliphatic carboxylic acids is 1. The zero-order chi connectivity index (χ0) is 18.1. The number of aryl methyl sites for hydroxylation is 1. The molecule has 0 bridgehead atoms. The van der Waals surface area contributed by atoms with Crippen molar-refractivity contribution in [2.75, 3.05) is 0 Å². The van der Waals surface area contributed by atoms with E-state index in [1.54, 1.807) is 6.07 Å². The maximum atomic E-state index is 11.0. The summed E-state index contributed by atoms with van der Waals surface area (Å²) in [6.45, 7) is 7.31. The van der Waals surface area contributed by atoms with Crippen molar-refractivity contribution in [3.8, 4) is 11.5 Å². The Balaban J connectivity index is 1.66. The molecule has 0 unspecified atom stereocenters. The van der Waals surface area contributed by atoms with Crippen molar-refractivity contribution in [2.45, 2.75) is 25.2 Å². The monoisotopic (exact) mass is 343 g/mol. The number of nitrogens with zero attached hydrogens (tertiary/aromatic N) is 1. The predicted molar refractivity (Wildman–Crippen MR) is 100 cm³/mol. The van der Waals surface area contributed by atoms with Gasteiger partial charge in [0.1, 0.15) is 11.5 Å². The smallest absolute Gasteiger partial charge is 0.303 e. The van der Waals surface area contributed by atoms with Gasteiger partial charge in [0.2, 0.25) is 0 Å². The van der Waals surface area contributed by atoms with Crippen LogP contribution >= 0.6 is 0 Å². The molecule has 4 rings (SSSR count). The third-order valence-corrected chi connectivity index (χ3v) is 4.95. The normalized spacial score (nSPS) is 15.4. The fraction of sp³-hybridized carbons (Fsp3) is 0.182. The molecule has 4 nitrogen and oxygen atoms in total. The summed E-state index contributed by atoms with van der Waals surface area (Å²) in [6.07, 6.45) is 1.92. The maximum Gasteiger partial charge on any atom is 0.303 e. The first-order chi connectivity index (χ1) is 12.7. The lowest BCUT2D eigenvalue weighted by atomic mass is 9.98. The van der Waals surface area contributed by atoms with Gasteiger partial charge in [-0.2, -0.15) is 0 Å². The van der Waals surface area contributed by atoms with Gasteiger partial charge in [-0.05, 0) is 53.5 Å². The van der Waals surface area contributed by atoms with Crippen molar-refractivity contribution in [1.82, 2.24) is 0 Å². The van der Waals surface area contributed by atoms with Crippen molar-refractivity contribution in [1.29, 1.82) is 0 Å². The zero-order valence-electron chi connectivity index (χ0n) is 14.1. The molecular weight excluding hydrogens is 326 g/mol. The minimum Gasteiger partial charge on any atom is -0.481 e. The molecule has 0 spiro atoms. The van der Waals surface area contributed by atoms with Gasteiger partial charge in [-0.25, -0.2) is 4.85 Å². The molecule has 26 heavy (non-hydrogen) atoms. The van der Waals surface area contributed by atoms with Crippen LogP contribution < -0.4 is 4.74 Å². The summed E-state index contributed by atoms with van der Waals surface area (Å²) in [4.78, 5) is 14.6. The van der Waals surface area contributed by atoms with E-state index in [4.69, 9.17) is 16.4 Å². The molecule has 128 valence electrons. The van der Waals surface area contributed by atoms with Gasteiger partial charge in [0.15, 0.2) is 5.69 Å². The third-order valence-electron chi connectivity index (χ3n) is 4.95. The second-order valence-electron chi connectivity index (χ2n) is 6.54. The molecule has 4 heteroatoms. The van der Waals surface area contributed by atoms with E-state index in [0.29, 0.717) is 11.4 Å². The molecule has 1 aliphatic carbocycles. The molecule has 0 amide bonds. The average Bonchev–Trinajstić information content (AvgIpc) is 3.03. The van der Waals surface area contributed by atoms with Gasteiger partial charge in [-0.3, -0.25) is 4.79 Å². The van der Waals surface area contributed by atoms with Crippen molar-refractivity contribution < 1.29 is 14.6 Å². The van der Waals surface area contributed by atoms with E-state index in [-0.39, 0.29) is 12.3 Å². The molecule has 0 saturated heterocycles. The van der Waals surface area contributed by atoms with Crippen LogP contribution in [0.3, 0.4) is 0 Å². The summed E-state index contributed by atoms with van der Waals surface area (Å²) >= 11 is 0. The third kappa shape index (κ3) is 2.89. The van der Waals surface area contributed by atoms with Crippen LogP contribution in [0, 0.1) is 6.57 Å². The van der Waals surface area contributed by atoms with E-state index in [1.165, 1.54) is 0 Å². The lowest BCUT2D eigenvalue weighted by Gasteiger charge is -2.12. The number of rotatable bonds is 4. The second kappa shape index (κ2) is 6.53. The molecule has 1 aliphatic rings. The highest BCUT2D eigenvalue weighted by molar-refractivity contribution is 5.98. The number of benzene rings is 3. The van der Waals surface area contributed by atoms with Gasteiger partial charge in [-0.15, -0.1) is 0 Å². The highest BCUT2D eigenvalue weighted by atomic mass is 16.5. The topological polar surface area (TPSA) is 50.9 Å². The highest BCUT2D eigenvalue weighted by Gasteiger charge is 2.25. The Morgan fingerprint density at radius 2 is 1.96 bits per heavy atom. The molecule has 0 fully saturated rings. The van der Waals surface area contributed by atoms with E-state index in [9.17, 15) is 4.79 Å². The zero-order valence-corrected chi connectivity index (χ0v) is 14.1. The first-order valence-electron chi connectivity index (χ1n) is 8.57. The number of ether oxygens (including phenoxy) is 1. The van der Waals surface area contributed by atoms with Gasteiger partial charge in [-0.1, -0.05) is 36.4 Å². The molecule has 3 aromatic rings. The van der Waals surface area contributed by atoms with Crippen molar-refractivity contribution in [3.63, 3.8) is 0 Å². The Bertz CT molecular complexity index is 1050. The quantitative estimate of drug-likeness (QED) is 0.619. The number of carboxylic acid groups (broad SMARTS) is 1. The summed E-state index contributed by atoms with van der Waals surface area (Å²) in [5.74, 6) is 0.790. The Labute approximate surface area is 151 Å². The van der Waals surface area contributed by atoms with E-state index in [0.717, 1.165) is 40.5 Å². The summed E-state index contributed by atoms with van der Waals surface area (Å²) in [5, 5.41) is 10.8. The lowest BCUT2D eigenvalue weighted by Crippen LogP contribution is -2.02.